The van der Waals surface area contributed by atoms with Crippen LogP contribution in [0.1, 0.15) is 29.0 Å². The van der Waals surface area contributed by atoms with Crippen molar-refractivity contribution in [2.75, 3.05) is 18.5 Å². The highest BCUT2D eigenvalue weighted by molar-refractivity contribution is 6.01. The topological polar surface area (TPSA) is 41.6 Å². The summed E-state index contributed by atoms with van der Waals surface area (Å²) in [6, 6.07) is 15.3. The number of rotatable bonds is 6. The van der Waals surface area contributed by atoms with E-state index in [9.17, 15) is 4.79 Å². The normalized spacial score (nSPS) is 16.0. The first-order chi connectivity index (χ1) is 12.1. The van der Waals surface area contributed by atoms with E-state index in [1.54, 1.807) is 11.0 Å². The van der Waals surface area contributed by atoms with Crippen molar-refractivity contribution in [1.82, 2.24) is 4.90 Å². The Kier molecular flexibility index (Phi) is 4.89. The van der Waals surface area contributed by atoms with E-state index in [4.69, 9.17) is 4.74 Å². The predicted octanol–water partition coefficient (Wildman–Crippen LogP) is 4.39. The Hall–Kier alpha value is -3.01. The minimum absolute atomic E-state index is 0.00694. The Labute approximate surface area is 148 Å². The molecule has 2 aromatic rings. The molecule has 4 nitrogen and oxygen atoms in total. The van der Waals surface area contributed by atoms with E-state index in [-0.39, 0.29) is 12.1 Å². The van der Waals surface area contributed by atoms with Crippen LogP contribution in [-0.2, 0) is 0 Å². The van der Waals surface area contributed by atoms with Crippen LogP contribution >= 0.6 is 0 Å². The quantitative estimate of drug-likeness (QED) is 0.797. The molecule has 25 heavy (non-hydrogen) atoms. The molecule has 0 aliphatic carbocycles. The molecule has 2 aromatic carbocycles. The largest absolute Gasteiger partial charge is 0.489 e. The third kappa shape index (κ3) is 3.58. The second-order valence-electron chi connectivity index (χ2n) is 6.16. The first kappa shape index (κ1) is 16.8. The molecule has 4 heteroatoms. The number of nitrogens with zero attached hydrogens (tertiary/aromatic N) is 1. The lowest BCUT2D eigenvalue weighted by Crippen LogP contribution is -2.42. The van der Waals surface area contributed by atoms with Crippen molar-refractivity contribution >= 4 is 11.6 Å². The standard InChI is InChI=1S/C21H22N2O2/c1-4-12-23-20(22-19-11-6-5-10-18(19)21(23)24)16-8-7-9-17(13-16)25-14-15(2)3/h4-11,13,20,22H,1-2,12,14H2,3H3. The van der Waals surface area contributed by atoms with Gasteiger partial charge in [0, 0.05) is 12.2 Å². The van der Waals surface area contributed by atoms with Crippen molar-refractivity contribution in [2.24, 2.45) is 0 Å². The van der Waals surface area contributed by atoms with Crippen LogP contribution in [0.5, 0.6) is 5.75 Å². The molecular weight excluding hydrogens is 312 g/mol. The summed E-state index contributed by atoms with van der Waals surface area (Å²) < 4.78 is 5.74. The van der Waals surface area contributed by atoms with Crippen LogP contribution in [0.15, 0.2) is 73.3 Å². The molecule has 1 N–H and O–H groups in total. The molecule has 1 atom stereocenters. The summed E-state index contributed by atoms with van der Waals surface area (Å²) in [6.45, 7) is 10.5. The van der Waals surface area contributed by atoms with Crippen molar-refractivity contribution in [3.05, 3.63) is 84.5 Å². The van der Waals surface area contributed by atoms with Gasteiger partial charge < -0.3 is 15.0 Å². The summed E-state index contributed by atoms with van der Waals surface area (Å²) >= 11 is 0. The predicted molar refractivity (Wildman–Crippen MR) is 101 cm³/mol. The van der Waals surface area contributed by atoms with Gasteiger partial charge in [-0.3, -0.25) is 4.79 Å². The van der Waals surface area contributed by atoms with Gasteiger partial charge in [0.05, 0.1) is 5.56 Å². The van der Waals surface area contributed by atoms with Crippen LogP contribution in [0.2, 0.25) is 0 Å². The van der Waals surface area contributed by atoms with Gasteiger partial charge in [-0.15, -0.1) is 6.58 Å². The van der Waals surface area contributed by atoms with Gasteiger partial charge in [-0.05, 0) is 42.3 Å². The van der Waals surface area contributed by atoms with E-state index >= 15 is 0 Å². The van der Waals surface area contributed by atoms with Gasteiger partial charge in [0.15, 0.2) is 0 Å². The first-order valence-corrected chi connectivity index (χ1v) is 8.24. The number of hydrogen-bond donors (Lipinski definition) is 1. The molecule has 128 valence electrons. The Morgan fingerprint density at radius 3 is 2.84 bits per heavy atom. The molecule has 0 fully saturated rings. The second kappa shape index (κ2) is 7.26. The molecular formula is C21H22N2O2. The fraction of sp³-hybridized carbons (Fsp3) is 0.190. The van der Waals surface area contributed by atoms with E-state index < -0.39 is 0 Å². The van der Waals surface area contributed by atoms with E-state index in [0.717, 1.165) is 22.6 Å². The first-order valence-electron chi connectivity index (χ1n) is 8.24. The summed E-state index contributed by atoms with van der Waals surface area (Å²) in [7, 11) is 0. The van der Waals surface area contributed by atoms with Gasteiger partial charge in [-0.1, -0.05) is 36.9 Å². The molecule has 1 aliphatic rings. The van der Waals surface area contributed by atoms with Crippen molar-refractivity contribution in [3.8, 4) is 5.75 Å². The minimum Gasteiger partial charge on any atom is -0.489 e. The van der Waals surface area contributed by atoms with Crippen molar-refractivity contribution in [1.29, 1.82) is 0 Å². The number of amides is 1. The number of carbonyl (C=O) groups excluding carboxylic acids is 1. The zero-order valence-corrected chi connectivity index (χ0v) is 14.4. The average Bonchev–Trinajstić information content (AvgIpc) is 2.62. The van der Waals surface area contributed by atoms with Gasteiger partial charge in [0.25, 0.3) is 5.91 Å². The van der Waals surface area contributed by atoms with Crippen LogP contribution in [0.3, 0.4) is 0 Å². The monoisotopic (exact) mass is 334 g/mol. The lowest BCUT2D eigenvalue weighted by molar-refractivity contribution is 0.0707. The zero-order chi connectivity index (χ0) is 17.8. The number of nitrogens with one attached hydrogen (secondary N) is 1. The van der Waals surface area contributed by atoms with Crippen LogP contribution < -0.4 is 10.1 Å². The highest BCUT2D eigenvalue weighted by atomic mass is 16.5. The molecule has 1 heterocycles. The molecule has 0 saturated carbocycles. The summed E-state index contributed by atoms with van der Waals surface area (Å²) in [5.41, 5.74) is 3.43. The fourth-order valence-corrected chi connectivity index (χ4v) is 2.86. The molecule has 3 rings (SSSR count). The zero-order valence-electron chi connectivity index (χ0n) is 14.4. The van der Waals surface area contributed by atoms with Gasteiger partial charge in [-0.2, -0.15) is 0 Å². The summed E-state index contributed by atoms with van der Waals surface area (Å²) in [4.78, 5) is 14.7. The fourth-order valence-electron chi connectivity index (χ4n) is 2.86. The van der Waals surface area contributed by atoms with E-state index in [1.807, 2.05) is 55.5 Å². The van der Waals surface area contributed by atoms with Crippen LogP contribution in [0.25, 0.3) is 0 Å². The third-order valence-electron chi connectivity index (χ3n) is 4.01. The third-order valence-corrected chi connectivity index (χ3v) is 4.01. The number of benzene rings is 2. The van der Waals surface area contributed by atoms with Crippen LogP contribution in [0, 0.1) is 0 Å². The number of para-hydroxylation sites is 1. The van der Waals surface area contributed by atoms with Crippen molar-refractivity contribution in [2.45, 2.75) is 13.1 Å². The smallest absolute Gasteiger partial charge is 0.258 e. The number of ether oxygens (including phenoxy) is 1. The maximum Gasteiger partial charge on any atom is 0.258 e. The SMILES string of the molecule is C=CCN1C(=O)c2ccccc2NC1c1cccc(OCC(=C)C)c1. The summed E-state index contributed by atoms with van der Waals surface area (Å²) in [5, 5.41) is 3.45. The minimum atomic E-state index is -0.270. The number of anilines is 1. The van der Waals surface area contributed by atoms with Gasteiger partial charge in [0.2, 0.25) is 0 Å². The molecule has 0 radical (unpaired) electrons. The number of carbonyl (C=O) groups is 1. The van der Waals surface area contributed by atoms with Gasteiger partial charge >= 0.3 is 0 Å². The molecule has 1 amide bonds. The molecule has 1 unspecified atom stereocenters. The number of hydrogen-bond acceptors (Lipinski definition) is 3. The highest BCUT2D eigenvalue weighted by Gasteiger charge is 2.32. The van der Waals surface area contributed by atoms with Crippen molar-refractivity contribution < 1.29 is 9.53 Å². The Morgan fingerprint density at radius 1 is 1.28 bits per heavy atom. The molecule has 0 saturated heterocycles. The molecule has 0 bridgehead atoms. The van der Waals surface area contributed by atoms with E-state index in [2.05, 4.69) is 18.5 Å². The lowest BCUT2D eigenvalue weighted by Gasteiger charge is -2.37. The summed E-state index contributed by atoms with van der Waals surface area (Å²) in [5.74, 6) is 0.750. The van der Waals surface area contributed by atoms with E-state index in [1.165, 1.54) is 0 Å². The number of fused-ring (bicyclic) bond motifs is 1. The maximum atomic E-state index is 12.9. The van der Waals surface area contributed by atoms with Gasteiger partial charge in [-0.25, -0.2) is 0 Å². The summed E-state index contributed by atoms with van der Waals surface area (Å²) in [6.07, 6.45) is 1.47. The Morgan fingerprint density at radius 2 is 2.08 bits per heavy atom. The average molecular weight is 334 g/mol. The Balaban J connectivity index is 1.94. The molecule has 0 spiro atoms. The lowest BCUT2D eigenvalue weighted by atomic mass is 10.0. The van der Waals surface area contributed by atoms with E-state index in [0.29, 0.717) is 18.7 Å². The van der Waals surface area contributed by atoms with Gasteiger partial charge in [0.1, 0.15) is 18.5 Å². The second-order valence-corrected chi connectivity index (χ2v) is 6.16. The molecule has 1 aliphatic heterocycles. The molecule has 0 aromatic heterocycles. The van der Waals surface area contributed by atoms with Crippen LogP contribution in [0.4, 0.5) is 5.69 Å². The maximum absolute atomic E-state index is 12.9. The van der Waals surface area contributed by atoms with Crippen LogP contribution in [-0.4, -0.2) is 24.0 Å². The highest BCUT2D eigenvalue weighted by Crippen LogP contribution is 2.33. The Bertz CT molecular complexity index is 813. The van der Waals surface area contributed by atoms with Crippen molar-refractivity contribution in [3.63, 3.8) is 0 Å².